The molecule has 0 bridgehead atoms. The summed E-state index contributed by atoms with van der Waals surface area (Å²) in [4.78, 5) is 12.6. The number of amides is 1. The van der Waals surface area contributed by atoms with Gasteiger partial charge in [-0.2, -0.15) is 0 Å². The zero-order valence-corrected chi connectivity index (χ0v) is 17.8. The molecule has 2 aromatic carbocycles. The Morgan fingerprint density at radius 1 is 1.14 bits per heavy atom. The number of ether oxygens (including phenoxy) is 1. The molecule has 0 unspecified atom stereocenters. The predicted octanol–water partition coefficient (Wildman–Crippen LogP) is 3.98. The maximum absolute atomic E-state index is 12.6. The fourth-order valence-electron chi connectivity index (χ4n) is 2.50. The van der Waals surface area contributed by atoms with Gasteiger partial charge in [-0.25, -0.2) is 8.42 Å². The molecule has 0 aliphatic rings. The van der Waals surface area contributed by atoms with E-state index < -0.39 is 15.9 Å². The van der Waals surface area contributed by atoms with Crippen LogP contribution in [-0.2, 0) is 15.4 Å². The first-order valence-corrected chi connectivity index (χ1v) is 10.6. The second kappa shape index (κ2) is 7.89. The van der Waals surface area contributed by atoms with Crippen LogP contribution in [0.3, 0.4) is 0 Å². The van der Waals surface area contributed by atoms with Crippen molar-refractivity contribution in [3.63, 3.8) is 0 Å². The number of anilines is 2. The van der Waals surface area contributed by atoms with E-state index in [-0.39, 0.29) is 33.2 Å². The van der Waals surface area contributed by atoms with Crippen molar-refractivity contribution in [2.24, 2.45) is 0 Å². The van der Waals surface area contributed by atoms with Crippen molar-refractivity contribution in [3.8, 4) is 11.5 Å². The third kappa shape index (κ3) is 5.30. The van der Waals surface area contributed by atoms with Gasteiger partial charge < -0.3 is 15.2 Å². The maximum atomic E-state index is 12.6. The lowest BCUT2D eigenvalue weighted by Crippen LogP contribution is -2.18. The minimum atomic E-state index is -3.57. The Bertz CT molecular complexity index is 1010. The monoisotopic (exact) mass is 426 g/mol. The number of aromatic hydroxyl groups is 1. The highest BCUT2D eigenvalue weighted by Gasteiger charge is 2.22. The highest BCUT2D eigenvalue weighted by molar-refractivity contribution is 7.92. The van der Waals surface area contributed by atoms with Gasteiger partial charge in [0, 0.05) is 5.56 Å². The number of hydrogen-bond acceptors (Lipinski definition) is 5. The van der Waals surface area contributed by atoms with Crippen LogP contribution in [0.1, 0.15) is 36.7 Å². The van der Waals surface area contributed by atoms with Gasteiger partial charge in [0.05, 0.1) is 29.8 Å². The van der Waals surface area contributed by atoms with Crippen molar-refractivity contribution < 1.29 is 23.1 Å². The van der Waals surface area contributed by atoms with Crippen LogP contribution in [0, 0.1) is 0 Å². The summed E-state index contributed by atoms with van der Waals surface area (Å²) in [6.07, 6.45) is 1.03. The second-order valence-electron chi connectivity index (χ2n) is 7.35. The van der Waals surface area contributed by atoms with Gasteiger partial charge in [-0.05, 0) is 41.3 Å². The summed E-state index contributed by atoms with van der Waals surface area (Å²) >= 11 is 5.78. The van der Waals surface area contributed by atoms with Crippen LogP contribution >= 0.6 is 11.6 Å². The van der Waals surface area contributed by atoms with Gasteiger partial charge in [-0.3, -0.25) is 9.52 Å². The molecule has 0 saturated heterocycles. The molecule has 0 aromatic heterocycles. The lowest BCUT2D eigenvalue weighted by atomic mass is 9.86. The van der Waals surface area contributed by atoms with E-state index in [4.69, 9.17) is 16.3 Å². The molecule has 9 heteroatoms. The number of nitrogens with one attached hydrogen (secondary N) is 2. The summed E-state index contributed by atoms with van der Waals surface area (Å²) in [6, 6.07) is 7.51. The molecular formula is C19H23ClN2O5S. The number of methoxy groups -OCH3 is 1. The third-order valence-corrected chi connectivity index (χ3v) is 4.82. The lowest BCUT2D eigenvalue weighted by Gasteiger charge is -2.24. The Balaban J connectivity index is 2.55. The fourth-order valence-corrected chi connectivity index (χ4v) is 3.17. The molecule has 0 radical (unpaired) electrons. The minimum absolute atomic E-state index is 0.128. The van der Waals surface area contributed by atoms with Crippen LogP contribution in [0.5, 0.6) is 11.5 Å². The largest absolute Gasteiger partial charge is 0.506 e. The Morgan fingerprint density at radius 2 is 1.75 bits per heavy atom. The third-order valence-electron chi connectivity index (χ3n) is 3.91. The molecule has 0 atom stereocenters. The van der Waals surface area contributed by atoms with Crippen molar-refractivity contribution in [3.05, 3.63) is 46.5 Å². The maximum Gasteiger partial charge on any atom is 0.255 e. The normalized spacial score (nSPS) is 11.8. The van der Waals surface area contributed by atoms with Crippen LogP contribution in [0.4, 0.5) is 11.4 Å². The summed E-state index contributed by atoms with van der Waals surface area (Å²) < 4.78 is 31.3. The van der Waals surface area contributed by atoms with Gasteiger partial charge in [-0.15, -0.1) is 0 Å². The van der Waals surface area contributed by atoms with E-state index >= 15 is 0 Å². The summed E-state index contributed by atoms with van der Waals surface area (Å²) in [6.45, 7) is 5.88. The molecule has 2 aromatic rings. The molecule has 2 rings (SSSR count). The lowest BCUT2D eigenvalue weighted by molar-refractivity contribution is 0.102. The fraction of sp³-hybridized carbons (Fsp3) is 0.316. The molecule has 152 valence electrons. The van der Waals surface area contributed by atoms with E-state index in [9.17, 15) is 18.3 Å². The number of rotatable bonds is 5. The molecular weight excluding hydrogens is 404 g/mol. The number of phenols is 1. The Morgan fingerprint density at radius 3 is 2.25 bits per heavy atom. The highest BCUT2D eigenvalue weighted by atomic mass is 35.5. The summed E-state index contributed by atoms with van der Waals surface area (Å²) in [5.74, 6) is -0.559. The van der Waals surface area contributed by atoms with Gasteiger partial charge in [-0.1, -0.05) is 32.4 Å². The molecule has 0 aliphatic heterocycles. The van der Waals surface area contributed by atoms with Crippen molar-refractivity contribution in [2.75, 3.05) is 23.4 Å². The molecule has 0 aliphatic carbocycles. The number of carbonyl (C=O) groups is 1. The SMILES string of the molecule is COc1c(NC(=O)c2ccc(Cl)c(O)c2)cc(C(C)(C)C)cc1NS(C)(=O)=O. The van der Waals surface area contributed by atoms with Crippen molar-refractivity contribution in [2.45, 2.75) is 26.2 Å². The first-order valence-electron chi connectivity index (χ1n) is 8.32. The number of phenolic OH excluding ortho intramolecular Hbond substituents is 1. The second-order valence-corrected chi connectivity index (χ2v) is 9.50. The van der Waals surface area contributed by atoms with Crippen molar-refractivity contribution in [1.82, 2.24) is 0 Å². The zero-order chi connectivity index (χ0) is 21.3. The molecule has 7 nitrogen and oxygen atoms in total. The first kappa shape index (κ1) is 21.8. The van der Waals surface area contributed by atoms with Crippen molar-refractivity contribution in [1.29, 1.82) is 0 Å². The van der Waals surface area contributed by atoms with E-state index in [1.54, 1.807) is 12.1 Å². The average Bonchev–Trinajstić information content (AvgIpc) is 2.54. The average molecular weight is 427 g/mol. The standard InChI is InChI=1S/C19H23ClN2O5S/c1-19(2,3)12-9-14(17(27-4)15(10-12)22-28(5,25)26)21-18(24)11-6-7-13(20)16(23)8-11/h6-10,22-23H,1-5H3,(H,21,24). The van der Waals surface area contributed by atoms with Gasteiger partial charge >= 0.3 is 0 Å². The minimum Gasteiger partial charge on any atom is -0.506 e. The molecule has 3 N–H and O–H groups in total. The van der Waals surface area contributed by atoms with E-state index in [1.165, 1.54) is 25.3 Å². The van der Waals surface area contributed by atoms with Crippen LogP contribution in [0.15, 0.2) is 30.3 Å². The number of sulfonamides is 1. The topological polar surface area (TPSA) is 105 Å². The Hall–Kier alpha value is -2.45. The molecule has 0 heterocycles. The molecule has 28 heavy (non-hydrogen) atoms. The van der Waals surface area contributed by atoms with Crippen LogP contribution in [0.25, 0.3) is 0 Å². The van der Waals surface area contributed by atoms with E-state index in [2.05, 4.69) is 10.0 Å². The predicted molar refractivity (Wildman–Crippen MR) is 111 cm³/mol. The summed E-state index contributed by atoms with van der Waals surface area (Å²) in [5.41, 5.74) is 1.15. The van der Waals surface area contributed by atoms with Gasteiger partial charge in [0.25, 0.3) is 5.91 Å². The van der Waals surface area contributed by atoms with Crippen LogP contribution in [0.2, 0.25) is 5.02 Å². The highest BCUT2D eigenvalue weighted by Crippen LogP contribution is 2.39. The molecule has 1 amide bonds. The van der Waals surface area contributed by atoms with E-state index in [0.717, 1.165) is 11.8 Å². The molecule has 0 spiro atoms. The first-order chi connectivity index (χ1) is 12.8. The Kier molecular flexibility index (Phi) is 6.15. The zero-order valence-electron chi connectivity index (χ0n) is 16.3. The summed E-state index contributed by atoms with van der Waals surface area (Å²) in [5, 5.41) is 12.6. The number of carbonyl (C=O) groups excluding carboxylic acids is 1. The van der Waals surface area contributed by atoms with E-state index in [0.29, 0.717) is 5.69 Å². The van der Waals surface area contributed by atoms with E-state index in [1.807, 2.05) is 20.8 Å². The number of halogens is 1. The summed E-state index contributed by atoms with van der Waals surface area (Å²) in [7, 11) is -2.19. The van der Waals surface area contributed by atoms with Crippen LogP contribution < -0.4 is 14.8 Å². The smallest absolute Gasteiger partial charge is 0.255 e. The van der Waals surface area contributed by atoms with Gasteiger partial charge in [0.2, 0.25) is 10.0 Å². The number of hydrogen-bond donors (Lipinski definition) is 3. The number of benzene rings is 2. The quantitative estimate of drug-likeness (QED) is 0.670. The molecule has 0 saturated carbocycles. The van der Waals surface area contributed by atoms with Gasteiger partial charge in [0.1, 0.15) is 5.75 Å². The van der Waals surface area contributed by atoms with Gasteiger partial charge in [0.15, 0.2) is 5.75 Å². The van der Waals surface area contributed by atoms with Crippen LogP contribution in [-0.4, -0.2) is 32.8 Å². The van der Waals surface area contributed by atoms with Crippen molar-refractivity contribution >= 4 is 38.9 Å². The molecule has 0 fully saturated rings. The Labute approximate surface area is 169 Å².